The summed E-state index contributed by atoms with van der Waals surface area (Å²) in [6, 6.07) is 20.4. The van der Waals surface area contributed by atoms with Gasteiger partial charge in [-0.3, -0.25) is 5.32 Å². The van der Waals surface area contributed by atoms with E-state index < -0.39 is 11.7 Å². The number of fused-ring (bicyclic) bond motifs is 1. The van der Waals surface area contributed by atoms with Crippen LogP contribution in [0, 0.1) is 0 Å². The van der Waals surface area contributed by atoms with Crippen LogP contribution in [0.25, 0.3) is 22.2 Å². The molecule has 3 N–H and O–H groups in total. The second kappa shape index (κ2) is 10.7. The highest BCUT2D eigenvalue weighted by Crippen LogP contribution is 2.36. The van der Waals surface area contributed by atoms with Crippen LogP contribution in [0.15, 0.2) is 72.9 Å². The minimum atomic E-state index is -0.600. The second-order valence-electron chi connectivity index (χ2n) is 9.54. The van der Waals surface area contributed by atoms with Crippen LogP contribution >= 0.6 is 0 Å². The topological polar surface area (TPSA) is 136 Å². The van der Waals surface area contributed by atoms with Gasteiger partial charge in [0.2, 0.25) is 5.82 Å². The van der Waals surface area contributed by atoms with Crippen molar-refractivity contribution in [1.82, 2.24) is 25.6 Å². The standard InChI is InChI=1S/C28H27N7O4/c1-28(2,3)39-27(36)31-22-11-12-23(20-8-6-5-7-19(20)22)38-18-13-14-29-25(16-18)30-17-9-10-21(24(15-17)37-4)26-32-34-35-33-26/h5-16H,1-4H3,(H,29,30)(H,31,36)(H,32,33,34,35). The number of H-pyrrole nitrogens is 1. The molecule has 0 unspecified atom stereocenters. The summed E-state index contributed by atoms with van der Waals surface area (Å²) in [5, 5.41) is 21.8. The Labute approximate surface area is 224 Å². The Hall–Kier alpha value is -5.19. The van der Waals surface area contributed by atoms with Crippen molar-refractivity contribution in [3.05, 3.63) is 72.9 Å². The lowest BCUT2D eigenvalue weighted by Gasteiger charge is -2.20. The van der Waals surface area contributed by atoms with Gasteiger partial charge in [-0.05, 0) is 56.3 Å². The molecule has 0 saturated carbocycles. The Morgan fingerprint density at radius 3 is 2.51 bits per heavy atom. The van der Waals surface area contributed by atoms with Crippen molar-refractivity contribution in [2.45, 2.75) is 26.4 Å². The summed E-state index contributed by atoms with van der Waals surface area (Å²) in [7, 11) is 1.58. The third-order valence-corrected chi connectivity index (χ3v) is 5.54. The van der Waals surface area contributed by atoms with E-state index in [1.807, 2.05) is 69.3 Å². The summed E-state index contributed by atoms with van der Waals surface area (Å²) in [5.74, 6) is 2.81. The molecule has 11 nitrogen and oxygen atoms in total. The maximum atomic E-state index is 12.4. The largest absolute Gasteiger partial charge is 0.496 e. The van der Waals surface area contributed by atoms with E-state index in [0.717, 1.165) is 16.5 Å². The van der Waals surface area contributed by atoms with Gasteiger partial charge in [0.15, 0.2) is 0 Å². The van der Waals surface area contributed by atoms with Gasteiger partial charge in [0.05, 0.1) is 18.4 Å². The number of aromatic amines is 1. The molecule has 0 radical (unpaired) electrons. The minimum absolute atomic E-state index is 0.437. The van der Waals surface area contributed by atoms with Crippen LogP contribution in [0.3, 0.4) is 0 Å². The highest BCUT2D eigenvalue weighted by atomic mass is 16.6. The number of aromatic nitrogens is 5. The third kappa shape index (κ3) is 6.04. The number of tetrazole rings is 1. The van der Waals surface area contributed by atoms with Crippen LogP contribution in [-0.4, -0.2) is 44.4 Å². The van der Waals surface area contributed by atoms with E-state index in [9.17, 15) is 4.79 Å². The lowest BCUT2D eigenvalue weighted by atomic mass is 10.1. The van der Waals surface area contributed by atoms with Crippen molar-refractivity contribution in [2.24, 2.45) is 0 Å². The first kappa shape index (κ1) is 25.5. The van der Waals surface area contributed by atoms with E-state index in [0.29, 0.717) is 40.1 Å². The number of pyridine rings is 1. The SMILES string of the molecule is COc1cc(Nc2cc(Oc3ccc(NC(=O)OC(C)(C)C)c4ccccc34)ccn2)ccc1-c1nn[nH]n1. The van der Waals surface area contributed by atoms with Gasteiger partial charge >= 0.3 is 6.09 Å². The molecule has 0 atom stereocenters. The van der Waals surface area contributed by atoms with Crippen LogP contribution in [-0.2, 0) is 4.74 Å². The van der Waals surface area contributed by atoms with Crippen molar-refractivity contribution < 1.29 is 19.0 Å². The third-order valence-electron chi connectivity index (χ3n) is 5.54. The predicted octanol–water partition coefficient (Wildman–Crippen LogP) is 6.31. The van der Waals surface area contributed by atoms with Crippen molar-refractivity contribution in [3.63, 3.8) is 0 Å². The Balaban J connectivity index is 1.36. The van der Waals surface area contributed by atoms with Crippen LogP contribution in [0.5, 0.6) is 17.2 Å². The molecule has 0 aliphatic heterocycles. The number of rotatable bonds is 7. The fourth-order valence-corrected chi connectivity index (χ4v) is 3.93. The summed E-state index contributed by atoms with van der Waals surface area (Å²) < 4.78 is 17.2. The van der Waals surface area contributed by atoms with Crippen molar-refractivity contribution >= 4 is 34.1 Å². The van der Waals surface area contributed by atoms with Crippen LogP contribution in [0.4, 0.5) is 22.0 Å². The number of nitrogens with zero attached hydrogens (tertiary/aromatic N) is 4. The number of carbonyl (C=O) groups is 1. The molecule has 0 spiro atoms. The number of methoxy groups -OCH3 is 1. The van der Waals surface area contributed by atoms with E-state index >= 15 is 0 Å². The zero-order chi connectivity index (χ0) is 27.4. The molecule has 2 aromatic heterocycles. The van der Waals surface area contributed by atoms with E-state index in [4.69, 9.17) is 14.2 Å². The van der Waals surface area contributed by atoms with Gasteiger partial charge in [0, 0.05) is 34.8 Å². The number of amides is 1. The Bertz CT molecular complexity index is 1610. The van der Waals surface area contributed by atoms with Gasteiger partial charge < -0.3 is 19.5 Å². The lowest BCUT2D eigenvalue weighted by molar-refractivity contribution is 0.0636. The quantitative estimate of drug-likeness (QED) is 0.223. The van der Waals surface area contributed by atoms with E-state index in [2.05, 4.69) is 36.2 Å². The van der Waals surface area contributed by atoms with Gasteiger partial charge in [0.25, 0.3) is 0 Å². The molecule has 0 aliphatic carbocycles. The summed E-state index contributed by atoms with van der Waals surface area (Å²) in [5.41, 5.74) is 1.49. The number of nitrogens with one attached hydrogen (secondary N) is 3. The van der Waals surface area contributed by atoms with Gasteiger partial charge in [-0.25, -0.2) is 9.78 Å². The fourth-order valence-electron chi connectivity index (χ4n) is 3.93. The zero-order valence-electron chi connectivity index (χ0n) is 21.9. The number of benzene rings is 3. The summed E-state index contributed by atoms with van der Waals surface area (Å²) in [6.07, 6.45) is 1.14. The molecule has 5 aromatic rings. The maximum Gasteiger partial charge on any atom is 0.412 e. The Morgan fingerprint density at radius 2 is 1.77 bits per heavy atom. The number of anilines is 3. The van der Waals surface area contributed by atoms with Gasteiger partial charge in [0.1, 0.15) is 28.7 Å². The first-order chi connectivity index (χ1) is 18.8. The van der Waals surface area contributed by atoms with Gasteiger partial charge in [-0.15, -0.1) is 10.2 Å². The smallest absolute Gasteiger partial charge is 0.412 e. The first-order valence-electron chi connectivity index (χ1n) is 12.1. The predicted molar refractivity (Wildman–Crippen MR) is 148 cm³/mol. The summed E-state index contributed by atoms with van der Waals surface area (Å²) in [4.78, 5) is 16.8. The molecule has 1 amide bonds. The number of hydrogen-bond acceptors (Lipinski definition) is 9. The maximum absolute atomic E-state index is 12.4. The van der Waals surface area contributed by atoms with Crippen LogP contribution < -0.4 is 20.1 Å². The molecule has 0 saturated heterocycles. The summed E-state index contributed by atoms with van der Waals surface area (Å²) >= 11 is 0. The molecule has 3 aromatic carbocycles. The van der Waals surface area contributed by atoms with E-state index in [1.165, 1.54) is 0 Å². The molecular formula is C28H27N7O4. The average Bonchev–Trinajstić information content (AvgIpc) is 3.44. The number of ether oxygens (including phenoxy) is 3. The lowest BCUT2D eigenvalue weighted by Crippen LogP contribution is -2.27. The fraction of sp³-hybridized carbons (Fsp3) is 0.179. The van der Waals surface area contributed by atoms with E-state index in [1.54, 1.807) is 31.5 Å². The van der Waals surface area contributed by atoms with Crippen LogP contribution in [0.1, 0.15) is 20.8 Å². The molecule has 0 fully saturated rings. The number of hydrogen-bond donors (Lipinski definition) is 3. The molecule has 0 aliphatic rings. The Kier molecular flexibility index (Phi) is 6.96. The monoisotopic (exact) mass is 525 g/mol. The van der Waals surface area contributed by atoms with Crippen molar-refractivity contribution in [1.29, 1.82) is 0 Å². The molecule has 5 rings (SSSR count). The molecule has 2 heterocycles. The van der Waals surface area contributed by atoms with E-state index in [-0.39, 0.29) is 0 Å². The normalized spacial score (nSPS) is 11.2. The molecular weight excluding hydrogens is 498 g/mol. The highest BCUT2D eigenvalue weighted by molar-refractivity contribution is 6.02. The second-order valence-corrected chi connectivity index (χ2v) is 9.54. The van der Waals surface area contributed by atoms with Crippen molar-refractivity contribution in [2.75, 3.05) is 17.7 Å². The minimum Gasteiger partial charge on any atom is -0.496 e. The average molecular weight is 526 g/mol. The zero-order valence-corrected chi connectivity index (χ0v) is 21.9. The molecule has 198 valence electrons. The number of carbonyl (C=O) groups excluding carboxylic acids is 1. The Morgan fingerprint density at radius 1 is 0.949 bits per heavy atom. The molecule has 39 heavy (non-hydrogen) atoms. The van der Waals surface area contributed by atoms with Crippen molar-refractivity contribution in [3.8, 4) is 28.6 Å². The molecule has 11 heteroatoms. The van der Waals surface area contributed by atoms with Gasteiger partial charge in [-0.1, -0.05) is 24.3 Å². The summed E-state index contributed by atoms with van der Waals surface area (Å²) in [6.45, 7) is 5.46. The highest BCUT2D eigenvalue weighted by Gasteiger charge is 2.18. The van der Waals surface area contributed by atoms with Crippen LogP contribution in [0.2, 0.25) is 0 Å². The van der Waals surface area contributed by atoms with Gasteiger partial charge in [-0.2, -0.15) is 5.21 Å². The first-order valence-corrected chi connectivity index (χ1v) is 12.1. The molecule has 0 bridgehead atoms.